The van der Waals surface area contributed by atoms with Crippen molar-refractivity contribution in [3.8, 4) is 34.3 Å². The van der Waals surface area contributed by atoms with Crippen molar-refractivity contribution in [3.63, 3.8) is 0 Å². The summed E-state index contributed by atoms with van der Waals surface area (Å²) >= 11 is 0. The molecule has 2 aliphatic heterocycles. The molecule has 9 heteroatoms. The average Bonchev–Trinajstić information content (AvgIpc) is 3.36. The number of hydrogen-bond acceptors (Lipinski definition) is 6. The van der Waals surface area contributed by atoms with E-state index >= 15 is 0 Å². The molecule has 3 aromatic carbocycles. The SMILES string of the molecule is COc1ccc2c(CCc3ccc([N+](=O)[O-])cc3)c3[n+](cc2c1OC)CCc1cc2c(cc1-3)OCO2.[I-]. The van der Waals surface area contributed by atoms with E-state index in [-0.39, 0.29) is 41.4 Å². The van der Waals surface area contributed by atoms with Crippen molar-refractivity contribution < 1.29 is 52.4 Å². The lowest BCUT2D eigenvalue weighted by Crippen LogP contribution is -3.00. The number of non-ortho nitro benzene ring substituents is 1. The van der Waals surface area contributed by atoms with Crippen molar-refractivity contribution >= 4 is 16.5 Å². The van der Waals surface area contributed by atoms with Crippen LogP contribution in [0.4, 0.5) is 5.69 Å². The lowest BCUT2D eigenvalue weighted by molar-refractivity contribution is -0.686. The minimum absolute atomic E-state index is 0. The molecule has 3 heterocycles. The van der Waals surface area contributed by atoms with Crippen LogP contribution in [0.25, 0.3) is 22.0 Å². The number of rotatable bonds is 6. The van der Waals surface area contributed by atoms with Crippen molar-refractivity contribution in [2.24, 2.45) is 0 Å². The number of nitro groups is 1. The van der Waals surface area contributed by atoms with Gasteiger partial charge in [-0.3, -0.25) is 10.1 Å². The number of nitro benzene ring substituents is 1. The number of halogens is 1. The van der Waals surface area contributed by atoms with Crippen LogP contribution in [0.2, 0.25) is 0 Å². The lowest BCUT2D eigenvalue weighted by atomic mass is 9.89. The first kappa shape index (κ1) is 25.1. The van der Waals surface area contributed by atoms with Crippen molar-refractivity contribution in [1.82, 2.24) is 0 Å². The third-order valence-electron chi connectivity index (χ3n) is 7.05. The zero-order chi connectivity index (χ0) is 24.8. The molecule has 0 bridgehead atoms. The zero-order valence-electron chi connectivity index (χ0n) is 20.5. The van der Waals surface area contributed by atoms with Gasteiger partial charge in [-0.2, -0.15) is 4.57 Å². The minimum atomic E-state index is -0.373. The Kier molecular flexibility index (Phi) is 6.80. The highest BCUT2D eigenvalue weighted by molar-refractivity contribution is 5.95. The number of aromatic nitrogens is 1. The molecule has 0 unspecified atom stereocenters. The van der Waals surface area contributed by atoms with Crippen molar-refractivity contribution in [3.05, 3.63) is 81.5 Å². The first-order chi connectivity index (χ1) is 17.6. The van der Waals surface area contributed by atoms with Crippen LogP contribution in [0, 0.1) is 10.1 Å². The van der Waals surface area contributed by atoms with Gasteiger partial charge in [-0.1, -0.05) is 12.1 Å². The number of aryl methyl sites for hydroxylation is 4. The smallest absolute Gasteiger partial charge is 0.269 e. The van der Waals surface area contributed by atoms with Gasteiger partial charge in [-0.25, -0.2) is 0 Å². The number of hydrogen-bond donors (Lipinski definition) is 0. The minimum Gasteiger partial charge on any atom is -1.00 e. The molecule has 37 heavy (non-hydrogen) atoms. The zero-order valence-corrected chi connectivity index (χ0v) is 22.6. The monoisotopic (exact) mass is 612 g/mol. The fourth-order valence-electron chi connectivity index (χ4n) is 5.32. The highest BCUT2D eigenvalue weighted by atomic mass is 127. The van der Waals surface area contributed by atoms with Crippen molar-refractivity contribution in [1.29, 1.82) is 0 Å². The topological polar surface area (TPSA) is 83.9 Å². The molecular weight excluding hydrogens is 587 g/mol. The molecule has 4 aromatic rings. The Morgan fingerprint density at radius 2 is 1.73 bits per heavy atom. The molecule has 2 aliphatic rings. The molecule has 0 fully saturated rings. The summed E-state index contributed by atoms with van der Waals surface area (Å²) in [6, 6.07) is 15.0. The third-order valence-corrected chi connectivity index (χ3v) is 7.05. The molecule has 0 radical (unpaired) electrons. The van der Waals surface area contributed by atoms with Crippen molar-refractivity contribution in [2.75, 3.05) is 21.0 Å². The summed E-state index contributed by atoms with van der Waals surface area (Å²) in [7, 11) is 3.30. The number of ether oxygens (including phenoxy) is 4. The number of benzene rings is 3. The molecule has 1 aromatic heterocycles. The largest absolute Gasteiger partial charge is 1.00 e. The normalized spacial score (nSPS) is 12.9. The molecular formula is C28H25IN2O6. The van der Waals surface area contributed by atoms with Crippen LogP contribution in [0.3, 0.4) is 0 Å². The summed E-state index contributed by atoms with van der Waals surface area (Å²) in [5.74, 6) is 2.95. The van der Waals surface area contributed by atoms with Gasteiger partial charge in [0, 0.05) is 29.5 Å². The van der Waals surface area contributed by atoms with Crippen LogP contribution in [-0.4, -0.2) is 25.9 Å². The van der Waals surface area contributed by atoms with E-state index in [1.54, 1.807) is 26.4 Å². The Morgan fingerprint density at radius 3 is 2.43 bits per heavy atom. The Balaban J connectivity index is 0.00000280. The molecule has 0 saturated carbocycles. The van der Waals surface area contributed by atoms with Gasteiger partial charge in [0.1, 0.15) is 0 Å². The van der Waals surface area contributed by atoms with Crippen LogP contribution in [0.15, 0.2) is 54.7 Å². The van der Waals surface area contributed by atoms with E-state index in [0.717, 1.165) is 64.9 Å². The van der Waals surface area contributed by atoms with E-state index < -0.39 is 0 Å². The molecule has 0 N–H and O–H groups in total. The van der Waals surface area contributed by atoms with Crippen LogP contribution in [-0.2, 0) is 25.8 Å². The van der Waals surface area contributed by atoms with Gasteiger partial charge in [0.25, 0.3) is 5.69 Å². The van der Waals surface area contributed by atoms with Gasteiger partial charge in [0.05, 0.1) is 30.1 Å². The van der Waals surface area contributed by atoms with Crippen molar-refractivity contribution in [2.45, 2.75) is 25.8 Å². The summed E-state index contributed by atoms with van der Waals surface area (Å²) in [4.78, 5) is 10.7. The van der Waals surface area contributed by atoms with E-state index in [0.29, 0.717) is 11.5 Å². The van der Waals surface area contributed by atoms with Crippen LogP contribution in [0.1, 0.15) is 16.7 Å². The first-order valence-electron chi connectivity index (χ1n) is 11.8. The number of nitrogens with zero attached hydrogens (tertiary/aromatic N) is 2. The molecule has 0 aliphatic carbocycles. The maximum Gasteiger partial charge on any atom is 0.269 e. The summed E-state index contributed by atoms with van der Waals surface area (Å²) in [6.45, 7) is 1.06. The summed E-state index contributed by atoms with van der Waals surface area (Å²) < 4.78 is 25.0. The van der Waals surface area contributed by atoms with E-state index in [9.17, 15) is 10.1 Å². The number of pyridine rings is 1. The molecule has 190 valence electrons. The second-order valence-corrected chi connectivity index (χ2v) is 8.95. The predicted molar refractivity (Wildman–Crippen MR) is 133 cm³/mol. The maximum absolute atomic E-state index is 11.1. The van der Waals surface area contributed by atoms with E-state index in [4.69, 9.17) is 18.9 Å². The highest BCUT2D eigenvalue weighted by Gasteiger charge is 2.32. The van der Waals surface area contributed by atoms with Gasteiger partial charge in [0.15, 0.2) is 35.7 Å². The Morgan fingerprint density at radius 1 is 0.973 bits per heavy atom. The molecule has 0 saturated heterocycles. The van der Waals surface area contributed by atoms with Gasteiger partial charge in [0.2, 0.25) is 12.5 Å². The summed E-state index contributed by atoms with van der Waals surface area (Å²) in [5.41, 5.74) is 5.84. The Hall–Kier alpha value is -3.60. The first-order valence-corrected chi connectivity index (χ1v) is 11.8. The fourth-order valence-corrected chi connectivity index (χ4v) is 5.32. The second-order valence-electron chi connectivity index (χ2n) is 8.95. The number of methoxy groups -OCH3 is 2. The van der Waals surface area contributed by atoms with Crippen LogP contribution in [0.5, 0.6) is 23.0 Å². The number of fused-ring (bicyclic) bond motifs is 5. The molecule has 8 nitrogen and oxygen atoms in total. The van der Waals surface area contributed by atoms with E-state index in [1.165, 1.54) is 11.1 Å². The quantitative estimate of drug-likeness (QED) is 0.143. The third kappa shape index (κ3) is 4.30. The molecule has 0 atom stereocenters. The van der Waals surface area contributed by atoms with E-state index in [2.05, 4.69) is 29.0 Å². The van der Waals surface area contributed by atoms with Crippen LogP contribution >= 0.6 is 0 Å². The standard InChI is InChI=1S/C28H25N2O6.HI/c1-33-24-10-9-20-21(8-5-17-3-6-19(7-4-17)30(31)32)27-22-14-26-25(35-16-36-26)13-18(22)11-12-29(27)15-23(20)28(24)34-2;/h3-4,6-7,9-10,13-15H,5,8,11-12,16H2,1-2H3;1H/q+1;/p-1. The van der Waals surface area contributed by atoms with Gasteiger partial charge < -0.3 is 42.9 Å². The fraction of sp³-hybridized carbons (Fsp3) is 0.250. The van der Waals surface area contributed by atoms with E-state index in [1.807, 2.05) is 18.2 Å². The summed E-state index contributed by atoms with van der Waals surface area (Å²) in [6.07, 6.45) is 4.50. The second kappa shape index (κ2) is 10.0. The van der Waals surface area contributed by atoms with Gasteiger partial charge in [-0.05, 0) is 48.2 Å². The van der Waals surface area contributed by atoms with Gasteiger partial charge in [-0.15, -0.1) is 0 Å². The Bertz CT molecular complexity index is 1520. The Labute approximate surface area is 230 Å². The predicted octanol–water partition coefficient (Wildman–Crippen LogP) is 1.79. The molecule has 0 spiro atoms. The van der Waals surface area contributed by atoms with Gasteiger partial charge >= 0.3 is 0 Å². The molecule has 6 rings (SSSR count). The summed E-state index contributed by atoms with van der Waals surface area (Å²) in [5, 5.41) is 13.1. The van der Waals surface area contributed by atoms with Crippen LogP contribution < -0.4 is 47.5 Å². The lowest BCUT2D eigenvalue weighted by Gasteiger charge is -2.21. The average molecular weight is 612 g/mol. The maximum atomic E-state index is 11.1. The molecule has 0 amide bonds. The highest BCUT2D eigenvalue weighted by Crippen LogP contribution is 2.43.